The van der Waals surface area contributed by atoms with Crippen LogP contribution in [0.15, 0.2) is 23.1 Å². The van der Waals surface area contributed by atoms with Crippen LogP contribution in [0, 0.1) is 5.92 Å². The molecule has 2 aromatic rings. The summed E-state index contributed by atoms with van der Waals surface area (Å²) in [5.41, 5.74) is 0.0238. The predicted octanol–water partition coefficient (Wildman–Crippen LogP) is 5.09. The van der Waals surface area contributed by atoms with Crippen molar-refractivity contribution in [2.45, 2.75) is 90.1 Å². The first-order valence-electron chi connectivity index (χ1n) is 10.7. The lowest BCUT2D eigenvalue weighted by atomic mass is 9.84. The zero-order valence-corrected chi connectivity index (χ0v) is 17.8. The summed E-state index contributed by atoms with van der Waals surface area (Å²) < 4.78 is 10.9. The molecule has 158 valence electrons. The first kappa shape index (κ1) is 21.4. The molecular weight excluding hydrogens is 368 g/mol. The van der Waals surface area contributed by atoms with Crippen LogP contribution in [0.25, 0.3) is 11.6 Å². The molecule has 0 unspecified atom stereocenters. The van der Waals surface area contributed by atoms with Crippen molar-refractivity contribution < 1.29 is 14.1 Å². The van der Waals surface area contributed by atoms with E-state index < -0.39 is 5.60 Å². The van der Waals surface area contributed by atoms with Crippen LogP contribution in [-0.2, 0) is 9.53 Å². The normalized spacial score (nSPS) is 16.5. The van der Waals surface area contributed by atoms with Gasteiger partial charge in [0, 0.05) is 18.3 Å². The van der Waals surface area contributed by atoms with Crippen molar-refractivity contribution >= 4 is 5.97 Å². The Morgan fingerprint density at radius 3 is 2.72 bits per heavy atom. The minimum atomic E-state index is -0.508. The highest BCUT2D eigenvalue weighted by Crippen LogP contribution is 2.31. The molecule has 7 heteroatoms. The summed E-state index contributed by atoms with van der Waals surface area (Å²) in [6, 6.07) is 0. The Balaban J connectivity index is 1.66. The van der Waals surface area contributed by atoms with Crippen molar-refractivity contribution in [1.29, 1.82) is 0 Å². The number of carbonyl (C=O) groups is 1. The van der Waals surface area contributed by atoms with Crippen LogP contribution in [-0.4, -0.2) is 31.7 Å². The molecule has 2 heterocycles. The van der Waals surface area contributed by atoms with Crippen molar-refractivity contribution in [3.8, 4) is 11.6 Å². The van der Waals surface area contributed by atoms with Crippen molar-refractivity contribution in [3.63, 3.8) is 0 Å². The van der Waals surface area contributed by atoms with Crippen LogP contribution < -0.4 is 0 Å². The fourth-order valence-corrected chi connectivity index (χ4v) is 3.95. The van der Waals surface area contributed by atoms with Crippen LogP contribution in [0.5, 0.6) is 0 Å². The molecule has 3 rings (SSSR count). The van der Waals surface area contributed by atoms with Crippen LogP contribution in [0.1, 0.15) is 90.3 Å². The molecule has 1 saturated carbocycles. The van der Waals surface area contributed by atoms with Gasteiger partial charge in [-0.2, -0.15) is 4.98 Å². The summed E-state index contributed by atoms with van der Waals surface area (Å²) in [7, 11) is 0. The second kappa shape index (κ2) is 9.94. The third-order valence-corrected chi connectivity index (χ3v) is 5.31. The SMILES string of the molecule is CC(C)(C)OC(=O)C[C@@H](CCCC1CCCCC1)c1noc(-c2cnccn2)n1. The van der Waals surface area contributed by atoms with E-state index >= 15 is 0 Å². The maximum absolute atomic E-state index is 12.5. The Hall–Kier alpha value is -2.31. The lowest BCUT2D eigenvalue weighted by Crippen LogP contribution is -2.25. The van der Waals surface area contributed by atoms with Crippen molar-refractivity contribution in [2.24, 2.45) is 5.92 Å². The summed E-state index contributed by atoms with van der Waals surface area (Å²) >= 11 is 0. The van der Waals surface area contributed by atoms with Crippen LogP contribution in [0.2, 0.25) is 0 Å². The third kappa shape index (κ3) is 6.91. The second-order valence-electron chi connectivity index (χ2n) is 8.97. The maximum atomic E-state index is 12.5. The number of nitrogens with zero attached hydrogens (tertiary/aromatic N) is 4. The molecule has 0 aromatic carbocycles. The molecule has 0 aliphatic heterocycles. The zero-order chi connectivity index (χ0) is 20.7. The van der Waals surface area contributed by atoms with Gasteiger partial charge in [0.2, 0.25) is 0 Å². The number of hydrogen-bond donors (Lipinski definition) is 0. The van der Waals surface area contributed by atoms with Gasteiger partial charge in [0.1, 0.15) is 11.3 Å². The molecule has 7 nitrogen and oxygen atoms in total. The van der Waals surface area contributed by atoms with Gasteiger partial charge in [0.15, 0.2) is 5.82 Å². The highest BCUT2D eigenvalue weighted by Gasteiger charge is 2.26. The molecule has 1 fully saturated rings. The van der Waals surface area contributed by atoms with Crippen molar-refractivity contribution in [2.75, 3.05) is 0 Å². The summed E-state index contributed by atoms with van der Waals surface area (Å²) in [6.45, 7) is 5.64. The first-order chi connectivity index (χ1) is 13.9. The molecule has 0 amide bonds. The van der Waals surface area contributed by atoms with E-state index in [1.54, 1.807) is 18.6 Å². The highest BCUT2D eigenvalue weighted by atomic mass is 16.6. The van der Waals surface area contributed by atoms with Gasteiger partial charge in [0.25, 0.3) is 5.89 Å². The Morgan fingerprint density at radius 1 is 1.24 bits per heavy atom. The maximum Gasteiger partial charge on any atom is 0.307 e. The molecule has 0 saturated heterocycles. The van der Waals surface area contributed by atoms with E-state index in [-0.39, 0.29) is 18.3 Å². The van der Waals surface area contributed by atoms with E-state index in [2.05, 4.69) is 20.1 Å². The summed E-state index contributed by atoms with van der Waals surface area (Å²) in [4.78, 5) is 25.2. The summed E-state index contributed by atoms with van der Waals surface area (Å²) in [5, 5.41) is 4.15. The standard InChI is InChI=1S/C22H32N4O3/c1-22(2,3)28-19(27)14-17(11-7-10-16-8-5-4-6-9-16)20-25-21(29-26-20)18-15-23-12-13-24-18/h12-13,15-17H,4-11,14H2,1-3H3/t17-/m1/s1. The van der Waals surface area contributed by atoms with Gasteiger partial charge in [0.05, 0.1) is 12.6 Å². The number of esters is 1. The fraction of sp³-hybridized carbons (Fsp3) is 0.682. The van der Waals surface area contributed by atoms with Gasteiger partial charge in [-0.3, -0.25) is 9.78 Å². The molecule has 1 aliphatic rings. The van der Waals surface area contributed by atoms with E-state index in [1.165, 1.54) is 38.5 Å². The second-order valence-corrected chi connectivity index (χ2v) is 8.97. The molecule has 0 radical (unpaired) electrons. The van der Waals surface area contributed by atoms with Crippen molar-refractivity contribution in [1.82, 2.24) is 20.1 Å². The van der Waals surface area contributed by atoms with E-state index in [0.29, 0.717) is 17.4 Å². The Bertz CT molecular complexity index is 764. The van der Waals surface area contributed by atoms with E-state index in [1.807, 2.05) is 20.8 Å². The quantitative estimate of drug-likeness (QED) is 0.570. The Labute approximate surface area is 172 Å². The molecule has 2 aromatic heterocycles. The molecule has 1 atom stereocenters. The minimum absolute atomic E-state index is 0.123. The summed E-state index contributed by atoms with van der Waals surface area (Å²) in [5.74, 6) is 1.33. The lowest BCUT2D eigenvalue weighted by Gasteiger charge is -2.23. The number of rotatable bonds is 8. The fourth-order valence-electron chi connectivity index (χ4n) is 3.95. The average molecular weight is 401 g/mol. The number of ether oxygens (including phenoxy) is 1. The van der Waals surface area contributed by atoms with Crippen LogP contribution >= 0.6 is 0 Å². The van der Waals surface area contributed by atoms with Gasteiger partial charge in [-0.15, -0.1) is 0 Å². The average Bonchev–Trinajstić information content (AvgIpc) is 3.17. The predicted molar refractivity (Wildman–Crippen MR) is 109 cm³/mol. The monoisotopic (exact) mass is 400 g/mol. The van der Waals surface area contributed by atoms with Gasteiger partial charge in [-0.05, 0) is 33.1 Å². The Morgan fingerprint density at radius 2 is 2.03 bits per heavy atom. The third-order valence-electron chi connectivity index (χ3n) is 5.31. The molecule has 0 bridgehead atoms. The van der Waals surface area contributed by atoms with Gasteiger partial charge < -0.3 is 9.26 Å². The molecule has 0 spiro atoms. The molecular formula is C22H32N4O3. The topological polar surface area (TPSA) is 91.0 Å². The van der Waals surface area contributed by atoms with Gasteiger partial charge >= 0.3 is 5.97 Å². The number of hydrogen-bond acceptors (Lipinski definition) is 7. The van der Waals surface area contributed by atoms with Gasteiger partial charge in [-0.1, -0.05) is 50.1 Å². The van der Waals surface area contributed by atoms with Crippen LogP contribution in [0.4, 0.5) is 0 Å². The highest BCUT2D eigenvalue weighted by molar-refractivity contribution is 5.70. The zero-order valence-electron chi connectivity index (χ0n) is 17.8. The lowest BCUT2D eigenvalue weighted by molar-refractivity contribution is -0.155. The van der Waals surface area contributed by atoms with Crippen molar-refractivity contribution in [3.05, 3.63) is 24.4 Å². The number of carbonyl (C=O) groups excluding carboxylic acids is 1. The van der Waals surface area contributed by atoms with Crippen LogP contribution in [0.3, 0.4) is 0 Å². The molecule has 1 aliphatic carbocycles. The first-order valence-corrected chi connectivity index (χ1v) is 10.7. The Kier molecular flexibility index (Phi) is 7.34. The molecule has 0 N–H and O–H groups in total. The largest absolute Gasteiger partial charge is 0.460 e. The van der Waals surface area contributed by atoms with E-state index in [4.69, 9.17) is 9.26 Å². The number of aromatic nitrogens is 4. The van der Waals surface area contributed by atoms with Gasteiger partial charge in [-0.25, -0.2) is 4.98 Å². The van der Waals surface area contributed by atoms with E-state index in [0.717, 1.165) is 18.8 Å². The molecule has 29 heavy (non-hydrogen) atoms. The smallest absolute Gasteiger partial charge is 0.307 e. The summed E-state index contributed by atoms with van der Waals surface area (Å²) in [6.07, 6.45) is 14.8. The minimum Gasteiger partial charge on any atom is -0.460 e. The van der Waals surface area contributed by atoms with E-state index in [9.17, 15) is 4.79 Å².